The number of aliphatic carboxylic acids is 1. The van der Waals surface area contributed by atoms with Gasteiger partial charge in [0.2, 0.25) is 5.91 Å². The number of fused-ring (bicyclic) bond motifs is 2. The molecule has 3 rings (SSSR count). The number of nitrogens with one attached hydrogen (secondary N) is 1. The Balaban J connectivity index is 1.68. The van der Waals surface area contributed by atoms with Crippen LogP contribution < -0.4 is 5.32 Å². The van der Waals surface area contributed by atoms with Gasteiger partial charge in [-0.1, -0.05) is 42.5 Å². The van der Waals surface area contributed by atoms with Gasteiger partial charge < -0.3 is 15.2 Å². The molecule has 2 aliphatic rings. The summed E-state index contributed by atoms with van der Waals surface area (Å²) in [6.07, 6.45) is 2.60. The molecule has 0 saturated carbocycles. The van der Waals surface area contributed by atoms with Crippen LogP contribution in [0, 0.1) is 11.8 Å². The van der Waals surface area contributed by atoms with Crippen molar-refractivity contribution >= 4 is 11.9 Å². The van der Waals surface area contributed by atoms with Crippen molar-refractivity contribution in [2.75, 3.05) is 0 Å². The standard InChI is InChI=1S/C15H15NO4/c17-14(16-8-9-4-2-1-3-5-9)12-10-6-7-11(20-10)13(12)15(18)19/h1-7,10-13H,8H2,(H,16,17)(H,18,19)/t10-,11-,12-,13-/m0/s1. The lowest BCUT2D eigenvalue weighted by Crippen LogP contribution is -2.42. The van der Waals surface area contributed by atoms with Crippen molar-refractivity contribution in [1.82, 2.24) is 5.32 Å². The Morgan fingerprint density at radius 3 is 2.40 bits per heavy atom. The fraction of sp³-hybridized carbons (Fsp3) is 0.333. The molecule has 0 spiro atoms. The first-order valence-corrected chi connectivity index (χ1v) is 6.55. The average molecular weight is 273 g/mol. The zero-order chi connectivity index (χ0) is 14.1. The fourth-order valence-electron chi connectivity index (χ4n) is 2.82. The highest BCUT2D eigenvalue weighted by Gasteiger charge is 2.53. The van der Waals surface area contributed by atoms with Gasteiger partial charge in [-0.3, -0.25) is 9.59 Å². The van der Waals surface area contributed by atoms with Crippen LogP contribution in [-0.2, 0) is 20.9 Å². The molecule has 4 atom stereocenters. The number of carbonyl (C=O) groups excluding carboxylic acids is 1. The number of amides is 1. The number of carbonyl (C=O) groups is 2. The summed E-state index contributed by atoms with van der Waals surface area (Å²) in [6.45, 7) is 0.392. The quantitative estimate of drug-likeness (QED) is 0.801. The summed E-state index contributed by atoms with van der Waals surface area (Å²) in [7, 11) is 0. The molecule has 1 aromatic rings. The van der Waals surface area contributed by atoms with E-state index in [1.807, 2.05) is 30.3 Å². The predicted molar refractivity (Wildman–Crippen MR) is 70.7 cm³/mol. The Bertz CT molecular complexity index is 554. The van der Waals surface area contributed by atoms with Crippen molar-refractivity contribution in [2.24, 2.45) is 11.8 Å². The molecule has 1 fully saturated rings. The van der Waals surface area contributed by atoms with E-state index in [4.69, 9.17) is 4.74 Å². The number of benzene rings is 1. The number of carboxylic acid groups (broad SMARTS) is 1. The number of hydrogen-bond acceptors (Lipinski definition) is 3. The highest BCUT2D eigenvalue weighted by molar-refractivity contribution is 5.87. The third-order valence-corrected chi connectivity index (χ3v) is 3.80. The Kier molecular flexibility index (Phi) is 3.28. The monoisotopic (exact) mass is 273 g/mol. The SMILES string of the molecule is O=C(O)[C@@H]1[C@@H](C(=O)NCc2ccccc2)[C@@H]2C=C[C@@H]1O2. The Hall–Kier alpha value is -2.14. The molecule has 2 heterocycles. The van der Waals surface area contributed by atoms with Crippen LogP contribution in [0.3, 0.4) is 0 Å². The fourth-order valence-corrected chi connectivity index (χ4v) is 2.82. The van der Waals surface area contributed by atoms with Crippen LogP contribution in [-0.4, -0.2) is 29.2 Å². The lowest BCUT2D eigenvalue weighted by atomic mass is 9.82. The molecule has 0 unspecified atom stereocenters. The van der Waals surface area contributed by atoms with Gasteiger partial charge in [0.15, 0.2) is 0 Å². The van der Waals surface area contributed by atoms with Crippen molar-refractivity contribution in [2.45, 2.75) is 18.8 Å². The van der Waals surface area contributed by atoms with Gasteiger partial charge >= 0.3 is 5.97 Å². The second kappa shape index (κ2) is 5.09. The molecule has 5 nitrogen and oxygen atoms in total. The summed E-state index contributed by atoms with van der Waals surface area (Å²) >= 11 is 0. The van der Waals surface area contributed by atoms with E-state index in [-0.39, 0.29) is 5.91 Å². The molecule has 20 heavy (non-hydrogen) atoms. The second-order valence-electron chi connectivity index (χ2n) is 5.04. The third-order valence-electron chi connectivity index (χ3n) is 3.80. The van der Waals surface area contributed by atoms with Gasteiger partial charge in [0.25, 0.3) is 0 Å². The van der Waals surface area contributed by atoms with Crippen LogP contribution in [0.25, 0.3) is 0 Å². The van der Waals surface area contributed by atoms with Gasteiger partial charge in [-0.2, -0.15) is 0 Å². The third kappa shape index (κ3) is 2.20. The zero-order valence-corrected chi connectivity index (χ0v) is 10.7. The van der Waals surface area contributed by atoms with E-state index in [0.717, 1.165) is 5.56 Å². The summed E-state index contributed by atoms with van der Waals surface area (Å²) in [4.78, 5) is 23.5. The van der Waals surface area contributed by atoms with Gasteiger partial charge in [-0.05, 0) is 5.56 Å². The molecule has 1 saturated heterocycles. The van der Waals surface area contributed by atoms with Crippen LogP contribution in [0.2, 0.25) is 0 Å². The number of hydrogen-bond donors (Lipinski definition) is 2. The Morgan fingerprint density at radius 2 is 1.75 bits per heavy atom. The summed E-state index contributed by atoms with van der Waals surface area (Å²) < 4.78 is 5.48. The predicted octanol–water partition coefficient (Wildman–Crippen LogP) is 0.957. The topological polar surface area (TPSA) is 75.6 Å². The Labute approximate surface area is 116 Å². The largest absolute Gasteiger partial charge is 0.481 e. The molecular formula is C15H15NO4. The summed E-state index contributed by atoms with van der Waals surface area (Å²) in [6, 6.07) is 9.51. The smallest absolute Gasteiger partial charge is 0.310 e. The maximum atomic E-state index is 12.2. The van der Waals surface area contributed by atoms with E-state index >= 15 is 0 Å². The van der Waals surface area contributed by atoms with Crippen LogP contribution in [0.15, 0.2) is 42.5 Å². The number of ether oxygens (including phenoxy) is 1. The molecule has 0 radical (unpaired) electrons. The average Bonchev–Trinajstić information content (AvgIpc) is 3.06. The van der Waals surface area contributed by atoms with Gasteiger partial charge in [-0.15, -0.1) is 0 Å². The number of carboxylic acids is 1. The minimum Gasteiger partial charge on any atom is -0.481 e. The van der Waals surface area contributed by atoms with Crippen molar-refractivity contribution < 1.29 is 19.4 Å². The van der Waals surface area contributed by atoms with Gasteiger partial charge in [0, 0.05) is 6.54 Å². The summed E-state index contributed by atoms with van der Waals surface area (Å²) in [5.74, 6) is -2.69. The van der Waals surface area contributed by atoms with E-state index in [2.05, 4.69) is 5.32 Å². The Morgan fingerprint density at radius 1 is 1.10 bits per heavy atom. The minimum atomic E-state index is -0.985. The van der Waals surface area contributed by atoms with Crippen LogP contribution in [0.1, 0.15) is 5.56 Å². The van der Waals surface area contributed by atoms with Crippen LogP contribution >= 0.6 is 0 Å². The molecular weight excluding hydrogens is 258 g/mol. The van der Waals surface area contributed by atoms with Gasteiger partial charge in [-0.25, -0.2) is 0 Å². The first kappa shape index (κ1) is 12.9. The second-order valence-corrected chi connectivity index (χ2v) is 5.04. The summed E-state index contributed by atoms with van der Waals surface area (Å²) in [5.41, 5.74) is 0.979. The zero-order valence-electron chi connectivity index (χ0n) is 10.7. The van der Waals surface area contributed by atoms with Crippen LogP contribution in [0.4, 0.5) is 0 Å². The van der Waals surface area contributed by atoms with Crippen LogP contribution in [0.5, 0.6) is 0 Å². The molecule has 1 amide bonds. The van der Waals surface area contributed by atoms with Gasteiger partial charge in [0.05, 0.1) is 18.1 Å². The maximum absolute atomic E-state index is 12.2. The molecule has 5 heteroatoms. The molecule has 2 N–H and O–H groups in total. The van der Waals surface area contributed by atoms with Crippen molar-refractivity contribution in [1.29, 1.82) is 0 Å². The van der Waals surface area contributed by atoms with Crippen molar-refractivity contribution in [3.63, 3.8) is 0 Å². The molecule has 0 aliphatic carbocycles. The maximum Gasteiger partial charge on any atom is 0.310 e. The normalized spacial score (nSPS) is 30.4. The highest BCUT2D eigenvalue weighted by Crippen LogP contribution is 2.39. The molecule has 0 aromatic heterocycles. The molecule has 104 valence electrons. The van der Waals surface area contributed by atoms with Gasteiger partial charge in [0.1, 0.15) is 5.92 Å². The van der Waals surface area contributed by atoms with Crippen molar-refractivity contribution in [3.05, 3.63) is 48.0 Å². The lowest BCUT2D eigenvalue weighted by Gasteiger charge is -2.20. The van der Waals surface area contributed by atoms with E-state index in [1.54, 1.807) is 12.2 Å². The number of rotatable bonds is 4. The minimum absolute atomic E-state index is 0.266. The highest BCUT2D eigenvalue weighted by atomic mass is 16.5. The molecule has 2 aliphatic heterocycles. The van der Waals surface area contributed by atoms with E-state index < -0.39 is 30.0 Å². The van der Waals surface area contributed by atoms with E-state index in [0.29, 0.717) is 6.54 Å². The van der Waals surface area contributed by atoms with E-state index in [9.17, 15) is 14.7 Å². The molecule has 2 bridgehead atoms. The summed E-state index contributed by atoms with van der Waals surface area (Å²) in [5, 5.41) is 12.0. The first-order valence-electron chi connectivity index (χ1n) is 6.55. The molecule has 1 aromatic carbocycles. The van der Waals surface area contributed by atoms with E-state index in [1.165, 1.54) is 0 Å². The first-order chi connectivity index (χ1) is 9.66. The lowest BCUT2D eigenvalue weighted by molar-refractivity contribution is -0.146. The van der Waals surface area contributed by atoms with Crippen molar-refractivity contribution in [3.8, 4) is 0 Å².